The van der Waals surface area contributed by atoms with Crippen LogP contribution < -0.4 is 10.1 Å². The monoisotopic (exact) mass is 394 g/mol. The fraction of sp³-hybridized carbons (Fsp3) is 0.238. The number of nitro groups is 1. The van der Waals surface area contributed by atoms with Crippen molar-refractivity contribution in [2.75, 3.05) is 5.32 Å². The summed E-state index contributed by atoms with van der Waals surface area (Å²) in [6, 6.07) is 9.28. The Balaban J connectivity index is 1.80. The fourth-order valence-corrected chi connectivity index (χ4v) is 4.27. The highest BCUT2D eigenvalue weighted by molar-refractivity contribution is 5.97. The molecule has 0 unspecified atom stereocenters. The number of esters is 1. The lowest BCUT2D eigenvalue weighted by atomic mass is 9.75. The van der Waals surface area contributed by atoms with Gasteiger partial charge in [-0.3, -0.25) is 14.9 Å². The highest BCUT2D eigenvalue weighted by Gasteiger charge is 2.43. The van der Waals surface area contributed by atoms with E-state index in [4.69, 9.17) is 4.74 Å². The maximum atomic E-state index is 11.8. The molecule has 8 heteroatoms. The molecule has 0 spiro atoms. The summed E-state index contributed by atoms with van der Waals surface area (Å²) in [4.78, 5) is 34.0. The number of nitrogens with one attached hydrogen (secondary N) is 1. The number of carbonyl (C=O) groups is 2. The summed E-state index contributed by atoms with van der Waals surface area (Å²) < 4.78 is 5.07. The standard InChI is InChI=1S/C21H18N2O6/c1-11(24)29-13-7-5-12(6-8-13)19-15-4-2-3-14(15)18-17(23(27)28)10-9-16(21(25)26)20(18)22-19/h2-3,5-10,14-15,19,22H,4H2,1H3,(H,25,26)/t14-,15-,19+/m0/s1. The maximum absolute atomic E-state index is 11.8. The third-order valence-corrected chi connectivity index (χ3v) is 5.42. The Morgan fingerprint density at radius 2 is 1.93 bits per heavy atom. The van der Waals surface area contributed by atoms with Crippen LogP contribution in [0.3, 0.4) is 0 Å². The van der Waals surface area contributed by atoms with Gasteiger partial charge in [-0.05, 0) is 36.1 Å². The molecule has 4 rings (SSSR count). The Hall–Kier alpha value is -3.68. The predicted molar refractivity (Wildman–Crippen MR) is 104 cm³/mol. The minimum absolute atomic E-state index is 0.00446. The molecule has 148 valence electrons. The van der Waals surface area contributed by atoms with Gasteiger partial charge in [0.25, 0.3) is 5.69 Å². The number of allylic oxidation sites excluding steroid dienone is 2. The van der Waals surface area contributed by atoms with E-state index in [1.165, 1.54) is 19.1 Å². The zero-order valence-corrected chi connectivity index (χ0v) is 15.5. The zero-order chi connectivity index (χ0) is 20.7. The number of ether oxygens (including phenoxy) is 1. The van der Waals surface area contributed by atoms with Crippen molar-refractivity contribution < 1.29 is 24.4 Å². The molecule has 2 N–H and O–H groups in total. The van der Waals surface area contributed by atoms with E-state index in [-0.39, 0.29) is 34.8 Å². The predicted octanol–water partition coefficient (Wildman–Crippen LogP) is 4.04. The highest BCUT2D eigenvalue weighted by Crippen LogP contribution is 2.53. The van der Waals surface area contributed by atoms with Crippen molar-refractivity contribution in [1.29, 1.82) is 0 Å². The molecule has 0 amide bonds. The van der Waals surface area contributed by atoms with Crippen LogP contribution in [0.5, 0.6) is 5.75 Å². The number of carboxylic acids is 1. The lowest BCUT2D eigenvalue weighted by Crippen LogP contribution is -2.31. The van der Waals surface area contributed by atoms with E-state index in [1.54, 1.807) is 12.1 Å². The topological polar surface area (TPSA) is 119 Å². The average Bonchev–Trinajstić information content (AvgIpc) is 3.16. The number of hydrogen-bond acceptors (Lipinski definition) is 6. The number of carbonyl (C=O) groups excluding carboxylic acids is 1. The van der Waals surface area contributed by atoms with E-state index in [0.29, 0.717) is 17.7 Å². The normalized spacial score (nSPS) is 21.6. The Morgan fingerprint density at radius 3 is 2.55 bits per heavy atom. The van der Waals surface area contributed by atoms with Gasteiger partial charge in [-0.25, -0.2) is 4.79 Å². The van der Waals surface area contributed by atoms with E-state index in [1.807, 2.05) is 24.3 Å². The molecule has 0 saturated carbocycles. The van der Waals surface area contributed by atoms with Crippen LogP contribution in [0.25, 0.3) is 0 Å². The van der Waals surface area contributed by atoms with Crippen LogP contribution >= 0.6 is 0 Å². The summed E-state index contributed by atoms with van der Waals surface area (Å²) in [5.41, 5.74) is 1.51. The average molecular weight is 394 g/mol. The number of fused-ring (bicyclic) bond motifs is 3. The van der Waals surface area contributed by atoms with Crippen LogP contribution in [0.2, 0.25) is 0 Å². The number of nitrogens with zero attached hydrogens (tertiary/aromatic N) is 1. The number of rotatable bonds is 4. The molecular weight excluding hydrogens is 376 g/mol. The molecule has 0 bridgehead atoms. The third kappa shape index (κ3) is 3.22. The molecule has 8 nitrogen and oxygen atoms in total. The quantitative estimate of drug-likeness (QED) is 0.264. The second kappa shape index (κ2) is 7.05. The number of anilines is 1. The second-order valence-electron chi connectivity index (χ2n) is 7.12. The first-order valence-electron chi connectivity index (χ1n) is 9.13. The maximum Gasteiger partial charge on any atom is 0.337 e. The number of benzene rings is 2. The van der Waals surface area contributed by atoms with Gasteiger partial charge in [0.2, 0.25) is 0 Å². The minimum atomic E-state index is -1.15. The van der Waals surface area contributed by atoms with E-state index < -0.39 is 16.9 Å². The molecule has 0 aromatic heterocycles. The van der Waals surface area contributed by atoms with Gasteiger partial charge in [0, 0.05) is 18.9 Å². The van der Waals surface area contributed by atoms with Crippen molar-refractivity contribution in [3.63, 3.8) is 0 Å². The lowest BCUT2D eigenvalue weighted by molar-refractivity contribution is -0.385. The van der Waals surface area contributed by atoms with Crippen LogP contribution in [0.15, 0.2) is 48.6 Å². The smallest absolute Gasteiger partial charge is 0.337 e. The summed E-state index contributed by atoms with van der Waals surface area (Å²) in [5, 5.41) is 24.5. The van der Waals surface area contributed by atoms with Crippen LogP contribution in [0.1, 0.15) is 46.8 Å². The van der Waals surface area contributed by atoms with Crippen molar-refractivity contribution in [1.82, 2.24) is 0 Å². The van der Waals surface area contributed by atoms with E-state index in [9.17, 15) is 24.8 Å². The molecule has 2 aromatic rings. The Bertz CT molecular complexity index is 1040. The van der Waals surface area contributed by atoms with E-state index >= 15 is 0 Å². The number of nitro benzene ring substituents is 1. The first kappa shape index (κ1) is 18.7. The van der Waals surface area contributed by atoms with Gasteiger partial charge in [0.15, 0.2) is 0 Å². The molecule has 3 atom stereocenters. The molecule has 0 radical (unpaired) electrons. The first-order valence-corrected chi connectivity index (χ1v) is 9.13. The highest BCUT2D eigenvalue weighted by atomic mass is 16.6. The third-order valence-electron chi connectivity index (χ3n) is 5.42. The van der Waals surface area contributed by atoms with Gasteiger partial charge in [-0.2, -0.15) is 0 Å². The second-order valence-corrected chi connectivity index (χ2v) is 7.12. The van der Waals surface area contributed by atoms with Crippen molar-refractivity contribution in [3.8, 4) is 5.75 Å². The summed E-state index contributed by atoms with van der Waals surface area (Å²) >= 11 is 0. The molecule has 2 aliphatic rings. The van der Waals surface area contributed by atoms with Crippen molar-refractivity contribution in [2.45, 2.75) is 25.3 Å². The Labute approximate surface area is 166 Å². The summed E-state index contributed by atoms with van der Waals surface area (Å²) in [6.07, 6.45) is 4.61. The minimum Gasteiger partial charge on any atom is -0.478 e. The largest absolute Gasteiger partial charge is 0.478 e. The van der Waals surface area contributed by atoms with Gasteiger partial charge in [-0.15, -0.1) is 0 Å². The number of hydrogen-bond donors (Lipinski definition) is 2. The zero-order valence-electron chi connectivity index (χ0n) is 15.5. The SMILES string of the molecule is CC(=O)Oc1ccc([C@H]2Nc3c(C(=O)O)ccc([N+](=O)[O-])c3[C@H]3C=CC[C@@H]32)cc1. The molecular formula is C21H18N2O6. The van der Waals surface area contributed by atoms with Crippen molar-refractivity contribution in [3.05, 3.63) is 75.4 Å². The van der Waals surface area contributed by atoms with Crippen LogP contribution in [0, 0.1) is 16.0 Å². The van der Waals surface area contributed by atoms with Crippen molar-refractivity contribution >= 4 is 23.3 Å². The van der Waals surface area contributed by atoms with Crippen LogP contribution in [-0.4, -0.2) is 22.0 Å². The Kier molecular flexibility index (Phi) is 4.54. The number of carboxylic acid groups (broad SMARTS) is 1. The van der Waals surface area contributed by atoms with Gasteiger partial charge in [0.05, 0.1) is 27.8 Å². The summed E-state index contributed by atoms with van der Waals surface area (Å²) in [6.45, 7) is 1.32. The van der Waals surface area contributed by atoms with Gasteiger partial charge in [-0.1, -0.05) is 24.3 Å². The molecule has 0 saturated heterocycles. The van der Waals surface area contributed by atoms with Crippen LogP contribution in [0.4, 0.5) is 11.4 Å². The molecule has 29 heavy (non-hydrogen) atoms. The van der Waals surface area contributed by atoms with Gasteiger partial charge < -0.3 is 15.2 Å². The molecule has 2 aromatic carbocycles. The van der Waals surface area contributed by atoms with E-state index in [0.717, 1.165) is 5.56 Å². The molecule has 1 aliphatic carbocycles. The Morgan fingerprint density at radius 1 is 1.21 bits per heavy atom. The van der Waals surface area contributed by atoms with Crippen molar-refractivity contribution in [2.24, 2.45) is 5.92 Å². The van der Waals surface area contributed by atoms with Crippen LogP contribution in [-0.2, 0) is 4.79 Å². The summed E-state index contributed by atoms with van der Waals surface area (Å²) in [7, 11) is 0. The van der Waals surface area contributed by atoms with Gasteiger partial charge >= 0.3 is 11.9 Å². The van der Waals surface area contributed by atoms with Gasteiger partial charge in [0.1, 0.15) is 5.75 Å². The molecule has 1 heterocycles. The molecule has 1 aliphatic heterocycles. The first-order chi connectivity index (χ1) is 13.9. The fourth-order valence-electron chi connectivity index (χ4n) is 4.27. The lowest BCUT2D eigenvalue weighted by Gasteiger charge is -2.37. The summed E-state index contributed by atoms with van der Waals surface area (Å²) in [5.74, 6) is -1.40. The molecule has 0 fully saturated rings. The number of aromatic carboxylic acids is 1. The van der Waals surface area contributed by atoms with E-state index in [2.05, 4.69) is 5.32 Å².